The van der Waals surface area contributed by atoms with Crippen LogP contribution in [0.15, 0.2) is 24.3 Å². The van der Waals surface area contributed by atoms with Gasteiger partial charge in [0.2, 0.25) is 5.91 Å². The summed E-state index contributed by atoms with van der Waals surface area (Å²) in [5.41, 5.74) is 1.05. The zero-order valence-corrected chi connectivity index (χ0v) is 14.5. The van der Waals surface area contributed by atoms with Crippen LogP contribution in [0, 0.1) is 5.82 Å². The van der Waals surface area contributed by atoms with Crippen LogP contribution in [0.5, 0.6) is 0 Å². The van der Waals surface area contributed by atoms with Gasteiger partial charge in [0.25, 0.3) is 0 Å². The second kappa shape index (κ2) is 7.97. The predicted octanol–water partition coefficient (Wildman–Crippen LogP) is 2.79. The Balaban J connectivity index is 1.48. The van der Waals surface area contributed by atoms with Gasteiger partial charge in [-0.15, -0.1) is 0 Å². The van der Waals surface area contributed by atoms with Gasteiger partial charge in [-0.3, -0.25) is 9.69 Å². The van der Waals surface area contributed by atoms with E-state index in [1.54, 1.807) is 0 Å². The van der Waals surface area contributed by atoms with Crippen molar-refractivity contribution < 1.29 is 9.18 Å². The average molecular weight is 333 g/mol. The minimum Gasteiger partial charge on any atom is -0.369 e. The first-order valence-corrected chi connectivity index (χ1v) is 9.18. The molecule has 1 unspecified atom stereocenters. The maximum absolute atomic E-state index is 13.0. The van der Waals surface area contributed by atoms with Crippen molar-refractivity contribution in [2.45, 2.75) is 51.1 Å². The van der Waals surface area contributed by atoms with E-state index in [9.17, 15) is 9.18 Å². The zero-order valence-electron chi connectivity index (χ0n) is 14.5. The van der Waals surface area contributed by atoms with E-state index < -0.39 is 0 Å². The summed E-state index contributed by atoms with van der Waals surface area (Å²) in [6.45, 7) is 5.46. The van der Waals surface area contributed by atoms with Gasteiger partial charge >= 0.3 is 0 Å². The number of piperazine rings is 1. The number of benzene rings is 1. The Hall–Kier alpha value is -1.62. The third kappa shape index (κ3) is 4.26. The van der Waals surface area contributed by atoms with Crippen LogP contribution in [0.2, 0.25) is 0 Å². The van der Waals surface area contributed by atoms with Gasteiger partial charge in [0.15, 0.2) is 0 Å². The fourth-order valence-electron chi connectivity index (χ4n) is 3.75. The largest absolute Gasteiger partial charge is 0.369 e. The third-order valence-corrected chi connectivity index (χ3v) is 5.38. The first-order chi connectivity index (χ1) is 11.6. The average Bonchev–Trinajstić information content (AvgIpc) is 2.63. The second-order valence-electron chi connectivity index (χ2n) is 7.02. The SMILES string of the molecule is CC(C(=O)NC1CCCCC1)N1CCN(c2ccc(F)cc2)CC1. The molecular formula is C19H28FN3O. The van der Waals surface area contributed by atoms with Gasteiger partial charge in [0, 0.05) is 37.9 Å². The molecule has 132 valence electrons. The summed E-state index contributed by atoms with van der Waals surface area (Å²) in [6, 6.07) is 6.94. The molecule has 5 heteroatoms. The highest BCUT2D eigenvalue weighted by atomic mass is 19.1. The Morgan fingerprint density at radius 1 is 1.08 bits per heavy atom. The molecule has 1 amide bonds. The second-order valence-corrected chi connectivity index (χ2v) is 7.02. The molecule has 4 nitrogen and oxygen atoms in total. The molecule has 0 bridgehead atoms. The smallest absolute Gasteiger partial charge is 0.237 e. The molecule has 1 saturated heterocycles. The normalized spacial score (nSPS) is 21.5. The van der Waals surface area contributed by atoms with Gasteiger partial charge in [-0.1, -0.05) is 19.3 Å². The van der Waals surface area contributed by atoms with Crippen LogP contribution in [0.25, 0.3) is 0 Å². The van der Waals surface area contributed by atoms with Crippen molar-refractivity contribution in [1.29, 1.82) is 0 Å². The van der Waals surface area contributed by atoms with Crippen molar-refractivity contribution in [3.8, 4) is 0 Å². The van der Waals surface area contributed by atoms with Crippen LogP contribution >= 0.6 is 0 Å². The van der Waals surface area contributed by atoms with E-state index in [1.807, 2.05) is 19.1 Å². The van der Waals surface area contributed by atoms with E-state index in [4.69, 9.17) is 0 Å². The van der Waals surface area contributed by atoms with Gasteiger partial charge in [0.1, 0.15) is 5.82 Å². The lowest BCUT2D eigenvalue weighted by Crippen LogP contribution is -2.55. The Labute approximate surface area is 144 Å². The van der Waals surface area contributed by atoms with Crippen molar-refractivity contribution in [2.24, 2.45) is 0 Å². The molecule has 0 spiro atoms. The van der Waals surface area contributed by atoms with Crippen LogP contribution in [-0.2, 0) is 4.79 Å². The van der Waals surface area contributed by atoms with Crippen molar-refractivity contribution in [3.63, 3.8) is 0 Å². The first-order valence-electron chi connectivity index (χ1n) is 9.18. The topological polar surface area (TPSA) is 35.6 Å². The van der Waals surface area contributed by atoms with Gasteiger partial charge in [-0.2, -0.15) is 0 Å². The Kier molecular flexibility index (Phi) is 5.72. The van der Waals surface area contributed by atoms with Gasteiger partial charge < -0.3 is 10.2 Å². The lowest BCUT2D eigenvalue weighted by atomic mass is 9.95. The van der Waals surface area contributed by atoms with Gasteiger partial charge in [-0.05, 0) is 44.0 Å². The summed E-state index contributed by atoms with van der Waals surface area (Å²) < 4.78 is 13.0. The number of anilines is 1. The molecule has 1 aliphatic carbocycles. The molecule has 3 rings (SSSR count). The molecule has 1 N–H and O–H groups in total. The number of hydrogen-bond acceptors (Lipinski definition) is 3. The lowest BCUT2D eigenvalue weighted by Gasteiger charge is -2.39. The monoisotopic (exact) mass is 333 g/mol. The van der Waals surface area contributed by atoms with E-state index in [2.05, 4.69) is 15.1 Å². The summed E-state index contributed by atoms with van der Waals surface area (Å²) >= 11 is 0. The van der Waals surface area contributed by atoms with Crippen LogP contribution < -0.4 is 10.2 Å². The van der Waals surface area contributed by atoms with Crippen molar-refractivity contribution >= 4 is 11.6 Å². The highest BCUT2D eigenvalue weighted by Crippen LogP contribution is 2.19. The van der Waals surface area contributed by atoms with E-state index in [0.717, 1.165) is 44.7 Å². The highest BCUT2D eigenvalue weighted by Gasteiger charge is 2.27. The number of carbonyl (C=O) groups excluding carboxylic acids is 1. The number of nitrogens with one attached hydrogen (secondary N) is 1. The fraction of sp³-hybridized carbons (Fsp3) is 0.632. The molecule has 1 heterocycles. The highest BCUT2D eigenvalue weighted by molar-refractivity contribution is 5.81. The summed E-state index contributed by atoms with van der Waals surface area (Å²) in [6.07, 6.45) is 6.01. The molecule has 1 saturated carbocycles. The van der Waals surface area contributed by atoms with E-state index in [-0.39, 0.29) is 17.8 Å². The Morgan fingerprint density at radius 2 is 1.71 bits per heavy atom. The Bertz CT molecular complexity index is 534. The first kappa shape index (κ1) is 17.2. The van der Waals surface area contributed by atoms with Crippen LogP contribution in [0.1, 0.15) is 39.0 Å². The molecule has 0 radical (unpaired) electrons. The summed E-state index contributed by atoms with van der Waals surface area (Å²) in [7, 11) is 0. The van der Waals surface area contributed by atoms with Crippen LogP contribution in [-0.4, -0.2) is 49.1 Å². The number of carbonyl (C=O) groups is 1. The molecule has 2 aliphatic rings. The van der Waals surface area contributed by atoms with Crippen LogP contribution in [0.4, 0.5) is 10.1 Å². The molecule has 1 aromatic carbocycles. The number of halogens is 1. The molecular weight excluding hydrogens is 305 g/mol. The van der Waals surface area contributed by atoms with E-state index in [1.165, 1.54) is 31.4 Å². The molecule has 1 atom stereocenters. The Morgan fingerprint density at radius 3 is 2.33 bits per heavy atom. The minimum atomic E-state index is -0.203. The fourth-order valence-corrected chi connectivity index (χ4v) is 3.75. The van der Waals surface area contributed by atoms with Gasteiger partial charge in [0.05, 0.1) is 6.04 Å². The van der Waals surface area contributed by atoms with Crippen molar-refractivity contribution in [1.82, 2.24) is 10.2 Å². The van der Waals surface area contributed by atoms with Gasteiger partial charge in [-0.25, -0.2) is 4.39 Å². The van der Waals surface area contributed by atoms with Crippen molar-refractivity contribution in [2.75, 3.05) is 31.1 Å². The molecule has 1 aromatic rings. The predicted molar refractivity (Wildman–Crippen MR) is 94.7 cm³/mol. The number of amides is 1. The van der Waals surface area contributed by atoms with Crippen LogP contribution in [0.3, 0.4) is 0 Å². The summed E-state index contributed by atoms with van der Waals surface area (Å²) in [4.78, 5) is 17.0. The zero-order chi connectivity index (χ0) is 16.9. The number of rotatable bonds is 4. The van der Waals surface area contributed by atoms with E-state index in [0.29, 0.717) is 6.04 Å². The standard InChI is InChI=1S/C19H28FN3O/c1-15(19(24)21-17-5-3-2-4-6-17)22-11-13-23(14-12-22)18-9-7-16(20)8-10-18/h7-10,15,17H,2-6,11-14H2,1H3,(H,21,24). The quantitative estimate of drug-likeness (QED) is 0.920. The maximum atomic E-state index is 13.0. The van der Waals surface area contributed by atoms with E-state index >= 15 is 0 Å². The third-order valence-electron chi connectivity index (χ3n) is 5.38. The molecule has 24 heavy (non-hydrogen) atoms. The van der Waals surface area contributed by atoms with Crippen molar-refractivity contribution in [3.05, 3.63) is 30.1 Å². The summed E-state index contributed by atoms with van der Waals surface area (Å²) in [5, 5.41) is 3.23. The number of hydrogen-bond donors (Lipinski definition) is 1. The molecule has 1 aliphatic heterocycles. The summed E-state index contributed by atoms with van der Waals surface area (Å²) in [5.74, 6) is -0.0393. The molecule has 0 aromatic heterocycles. The minimum absolute atomic E-state index is 0.0812. The lowest BCUT2D eigenvalue weighted by molar-refractivity contribution is -0.127. The maximum Gasteiger partial charge on any atom is 0.237 e. The molecule has 2 fully saturated rings. The number of nitrogens with zero attached hydrogens (tertiary/aromatic N) is 2.